The van der Waals surface area contributed by atoms with Gasteiger partial charge in [-0.1, -0.05) is 6.92 Å². The molecule has 0 radical (unpaired) electrons. The molecule has 1 unspecified atom stereocenters. The molecule has 1 rings (SSSR count). The quantitative estimate of drug-likeness (QED) is 0.720. The van der Waals surface area contributed by atoms with Gasteiger partial charge < -0.3 is 10.2 Å². The van der Waals surface area contributed by atoms with E-state index in [4.69, 9.17) is 10.2 Å². The first-order chi connectivity index (χ1) is 6.13. The fraction of sp³-hybridized carbons (Fsp3) is 0.500. The Morgan fingerprint density at radius 3 is 2.77 bits per heavy atom. The van der Waals surface area contributed by atoms with Crippen LogP contribution >= 0.6 is 0 Å². The van der Waals surface area contributed by atoms with Gasteiger partial charge in [-0.15, -0.1) is 0 Å². The molecule has 0 bridgehead atoms. The third-order valence-corrected chi connectivity index (χ3v) is 1.95. The summed E-state index contributed by atoms with van der Waals surface area (Å²) in [6, 6.07) is 3.50. The van der Waals surface area contributed by atoms with Gasteiger partial charge >= 0.3 is 0 Å². The van der Waals surface area contributed by atoms with E-state index in [9.17, 15) is 4.79 Å². The van der Waals surface area contributed by atoms with E-state index in [0.717, 1.165) is 5.76 Å². The van der Waals surface area contributed by atoms with E-state index < -0.39 is 0 Å². The molecule has 0 amide bonds. The van der Waals surface area contributed by atoms with Crippen LogP contribution in [0.5, 0.6) is 0 Å². The van der Waals surface area contributed by atoms with Gasteiger partial charge in [0.15, 0.2) is 11.5 Å². The molecule has 1 aromatic heterocycles. The Hall–Kier alpha value is -1.09. The Bertz CT molecular complexity index is 291. The van der Waals surface area contributed by atoms with Crippen molar-refractivity contribution in [3.63, 3.8) is 0 Å². The van der Waals surface area contributed by atoms with Crippen LogP contribution < -0.4 is 5.73 Å². The Morgan fingerprint density at radius 2 is 2.31 bits per heavy atom. The van der Waals surface area contributed by atoms with Crippen LogP contribution in [0.1, 0.15) is 29.7 Å². The van der Waals surface area contributed by atoms with Crippen molar-refractivity contribution >= 4 is 5.78 Å². The number of ketones is 1. The molecule has 0 aliphatic carbocycles. The first kappa shape index (κ1) is 9.99. The van der Waals surface area contributed by atoms with E-state index in [0.29, 0.717) is 18.7 Å². The Kier molecular flexibility index (Phi) is 3.25. The molecular formula is C10H15NO2. The van der Waals surface area contributed by atoms with E-state index >= 15 is 0 Å². The normalized spacial score (nSPS) is 12.8. The van der Waals surface area contributed by atoms with Crippen molar-refractivity contribution in [1.82, 2.24) is 0 Å². The molecule has 0 aliphatic heterocycles. The Morgan fingerprint density at radius 1 is 1.62 bits per heavy atom. The molecule has 0 fully saturated rings. The summed E-state index contributed by atoms with van der Waals surface area (Å²) in [5, 5.41) is 0. The average Bonchev–Trinajstić information content (AvgIpc) is 2.51. The predicted molar refractivity (Wildman–Crippen MR) is 50.6 cm³/mol. The minimum absolute atomic E-state index is 0.0334. The molecule has 0 aromatic carbocycles. The van der Waals surface area contributed by atoms with Gasteiger partial charge in [-0.2, -0.15) is 0 Å². The van der Waals surface area contributed by atoms with E-state index in [1.54, 1.807) is 12.1 Å². The van der Waals surface area contributed by atoms with Gasteiger partial charge in [0.25, 0.3) is 0 Å². The molecule has 3 heteroatoms. The molecule has 0 saturated carbocycles. The van der Waals surface area contributed by atoms with Gasteiger partial charge in [0.1, 0.15) is 5.76 Å². The Labute approximate surface area is 77.9 Å². The summed E-state index contributed by atoms with van der Waals surface area (Å²) < 4.78 is 5.20. The van der Waals surface area contributed by atoms with Crippen molar-refractivity contribution in [2.75, 3.05) is 6.54 Å². The highest BCUT2D eigenvalue weighted by atomic mass is 16.3. The monoisotopic (exact) mass is 181 g/mol. The minimum Gasteiger partial charge on any atom is -0.458 e. The molecule has 0 aliphatic rings. The maximum absolute atomic E-state index is 11.5. The first-order valence-electron chi connectivity index (χ1n) is 4.43. The molecular weight excluding hydrogens is 166 g/mol. The van der Waals surface area contributed by atoms with Crippen molar-refractivity contribution in [3.05, 3.63) is 23.7 Å². The first-order valence-corrected chi connectivity index (χ1v) is 4.43. The number of nitrogens with two attached hydrogens (primary N) is 1. The summed E-state index contributed by atoms with van der Waals surface area (Å²) in [5.41, 5.74) is 5.42. The summed E-state index contributed by atoms with van der Waals surface area (Å²) >= 11 is 0. The second kappa shape index (κ2) is 4.23. The van der Waals surface area contributed by atoms with E-state index in [-0.39, 0.29) is 11.7 Å². The fourth-order valence-corrected chi connectivity index (χ4v) is 1.08. The van der Waals surface area contributed by atoms with E-state index in [1.807, 2.05) is 13.8 Å². The van der Waals surface area contributed by atoms with E-state index in [2.05, 4.69) is 0 Å². The standard InChI is InChI=1S/C10H15NO2/c1-7(6-11)5-9(12)10-4-3-8(2)13-10/h3-4,7H,5-6,11H2,1-2H3. The summed E-state index contributed by atoms with van der Waals surface area (Å²) in [5.74, 6) is 1.46. The number of hydrogen-bond acceptors (Lipinski definition) is 3. The van der Waals surface area contributed by atoms with Gasteiger partial charge in [-0.05, 0) is 31.5 Å². The summed E-state index contributed by atoms with van der Waals surface area (Å²) in [6.45, 7) is 4.31. The van der Waals surface area contributed by atoms with Gasteiger partial charge in [0.05, 0.1) is 0 Å². The number of hydrogen-bond donors (Lipinski definition) is 1. The highest BCUT2D eigenvalue weighted by Gasteiger charge is 2.12. The number of rotatable bonds is 4. The van der Waals surface area contributed by atoms with Crippen molar-refractivity contribution in [1.29, 1.82) is 0 Å². The van der Waals surface area contributed by atoms with Crippen LogP contribution in [0, 0.1) is 12.8 Å². The van der Waals surface area contributed by atoms with Gasteiger partial charge in [-0.25, -0.2) is 0 Å². The van der Waals surface area contributed by atoms with Crippen LogP contribution in [0.3, 0.4) is 0 Å². The number of Topliss-reactive ketones (excluding diaryl/α,β-unsaturated/α-hetero) is 1. The highest BCUT2D eigenvalue weighted by molar-refractivity contribution is 5.93. The van der Waals surface area contributed by atoms with Crippen LogP contribution in [-0.2, 0) is 0 Å². The van der Waals surface area contributed by atoms with Crippen LogP contribution in [0.4, 0.5) is 0 Å². The lowest BCUT2D eigenvalue weighted by Crippen LogP contribution is -2.14. The second-order valence-corrected chi connectivity index (χ2v) is 3.38. The van der Waals surface area contributed by atoms with Crippen molar-refractivity contribution in [2.24, 2.45) is 11.7 Å². The average molecular weight is 181 g/mol. The van der Waals surface area contributed by atoms with Crippen molar-refractivity contribution < 1.29 is 9.21 Å². The molecule has 2 N–H and O–H groups in total. The zero-order valence-electron chi connectivity index (χ0n) is 8.04. The number of carbonyl (C=O) groups is 1. The Balaban J connectivity index is 2.58. The highest BCUT2D eigenvalue weighted by Crippen LogP contribution is 2.11. The molecule has 72 valence electrons. The summed E-state index contributed by atoms with van der Waals surface area (Å²) in [7, 11) is 0. The SMILES string of the molecule is Cc1ccc(C(=O)CC(C)CN)o1. The van der Waals surface area contributed by atoms with Crippen LogP contribution in [0.2, 0.25) is 0 Å². The van der Waals surface area contributed by atoms with Gasteiger partial charge in [0.2, 0.25) is 0 Å². The van der Waals surface area contributed by atoms with Gasteiger partial charge in [0, 0.05) is 6.42 Å². The molecule has 13 heavy (non-hydrogen) atoms. The largest absolute Gasteiger partial charge is 0.458 e. The molecule has 3 nitrogen and oxygen atoms in total. The van der Waals surface area contributed by atoms with E-state index in [1.165, 1.54) is 0 Å². The zero-order valence-corrected chi connectivity index (χ0v) is 8.04. The lowest BCUT2D eigenvalue weighted by Gasteiger charge is -2.04. The van der Waals surface area contributed by atoms with Crippen molar-refractivity contribution in [2.45, 2.75) is 20.3 Å². The summed E-state index contributed by atoms with van der Waals surface area (Å²) in [6.07, 6.45) is 0.462. The number of aryl methyl sites for hydroxylation is 1. The molecule has 1 atom stereocenters. The topological polar surface area (TPSA) is 56.2 Å². The minimum atomic E-state index is 0.0334. The predicted octanol–water partition coefficient (Wildman–Crippen LogP) is 1.76. The van der Waals surface area contributed by atoms with Crippen LogP contribution in [0.25, 0.3) is 0 Å². The third-order valence-electron chi connectivity index (χ3n) is 1.95. The zero-order chi connectivity index (χ0) is 9.84. The maximum atomic E-state index is 11.5. The molecule has 0 spiro atoms. The van der Waals surface area contributed by atoms with Crippen LogP contribution in [-0.4, -0.2) is 12.3 Å². The fourth-order valence-electron chi connectivity index (χ4n) is 1.08. The van der Waals surface area contributed by atoms with Crippen molar-refractivity contribution in [3.8, 4) is 0 Å². The lowest BCUT2D eigenvalue weighted by molar-refractivity contribution is 0.0937. The van der Waals surface area contributed by atoms with Gasteiger partial charge in [-0.3, -0.25) is 4.79 Å². The number of carbonyl (C=O) groups excluding carboxylic acids is 1. The lowest BCUT2D eigenvalue weighted by atomic mass is 10.0. The molecule has 1 aromatic rings. The molecule has 0 saturated heterocycles. The molecule has 1 heterocycles. The number of furan rings is 1. The van der Waals surface area contributed by atoms with Crippen LogP contribution in [0.15, 0.2) is 16.5 Å². The third kappa shape index (κ3) is 2.70. The maximum Gasteiger partial charge on any atom is 0.198 e. The smallest absolute Gasteiger partial charge is 0.198 e. The second-order valence-electron chi connectivity index (χ2n) is 3.38. The summed E-state index contributed by atoms with van der Waals surface area (Å²) in [4.78, 5) is 11.5.